The molecule has 0 bridgehead atoms. The van der Waals surface area contributed by atoms with Crippen LogP contribution in [0.3, 0.4) is 0 Å². The maximum atomic E-state index is 12.9. The summed E-state index contributed by atoms with van der Waals surface area (Å²) in [7, 11) is -1.59. The predicted octanol–water partition coefficient (Wildman–Crippen LogP) is 5.76. The lowest BCUT2D eigenvalue weighted by atomic mass is 9.80. The number of hydrogen-bond donors (Lipinski definition) is 2. The summed E-state index contributed by atoms with van der Waals surface area (Å²) in [6, 6.07) is 19.1. The number of nitrogens with zero attached hydrogens (tertiary/aromatic N) is 2. The third-order valence-electron chi connectivity index (χ3n) is 3.72. The molecular formula is C22H16BBr3F2N2O2. The average molecular weight is 629 g/mol. The van der Waals surface area contributed by atoms with Crippen molar-refractivity contribution in [1.82, 2.24) is 9.97 Å². The molecule has 0 saturated carbocycles. The third-order valence-corrected chi connectivity index (χ3v) is 6.16. The molecule has 0 spiro atoms. The Kier molecular flexibility index (Phi) is 11.1. The number of benzene rings is 2. The zero-order valence-corrected chi connectivity index (χ0v) is 21.1. The molecule has 0 saturated heterocycles. The lowest BCUT2D eigenvalue weighted by molar-refractivity contribution is 0.425. The van der Waals surface area contributed by atoms with Gasteiger partial charge in [-0.05, 0) is 102 Å². The normalized spacial score (nSPS) is 9.72. The van der Waals surface area contributed by atoms with Crippen LogP contribution in [0.4, 0.5) is 8.78 Å². The fourth-order valence-corrected chi connectivity index (χ4v) is 3.26. The molecule has 0 fully saturated rings. The van der Waals surface area contributed by atoms with E-state index >= 15 is 0 Å². The zero-order valence-electron chi connectivity index (χ0n) is 16.3. The highest BCUT2D eigenvalue weighted by molar-refractivity contribution is 9.13. The second kappa shape index (κ2) is 13.5. The summed E-state index contributed by atoms with van der Waals surface area (Å²) in [5.41, 5.74) is 1.70. The van der Waals surface area contributed by atoms with Crippen molar-refractivity contribution in [3.63, 3.8) is 0 Å². The van der Waals surface area contributed by atoms with Crippen LogP contribution in [0.15, 0.2) is 98.7 Å². The van der Waals surface area contributed by atoms with E-state index in [1.165, 1.54) is 30.3 Å². The Hall–Kier alpha value is -1.98. The molecule has 2 aromatic carbocycles. The first kappa shape index (κ1) is 26.3. The molecule has 2 aromatic heterocycles. The Morgan fingerprint density at radius 1 is 0.688 bits per heavy atom. The quantitative estimate of drug-likeness (QED) is 0.219. The van der Waals surface area contributed by atoms with Crippen molar-refractivity contribution in [2.75, 3.05) is 0 Å². The molecule has 4 rings (SSSR count). The average Bonchev–Trinajstić information content (AvgIpc) is 2.77. The molecule has 0 radical (unpaired) electrons. The maximum Gasteiger partial charge on any atom is 0.488 e. The van der Waals surface area contributed by atoms with Gasteiger partial charge in [-0.2, -0.15) is 0 Å². The highest BCUT2D eigenvalue weighted by Crippen LogP contribution is 2.25. The van der Waals surface area contributed by atoms with Gasteiger partial charge in [0, 0.05) is 22.4 Å². The molecule has 164 valence electrons. The van der Waals surface area contributed by atoms with Crippen LogP contribution in [0.5, 0.6) is 0 Å². The topological polar surface area (TPSA) is 66.2 Å². The van der Waals surface area contributed by atoms with Crippen molar-refractivity contribution in [2.24, 2.45) is 0 Å². The lowest BCUT2D eigenvalue weighted by Crippen LogP contribution is -2.29. The number of aromatic nitrogens is 2. The highest BCUT2D eigenvalue weighted by Gasteiger charge is 2.09. The summed E-state index contributed by atoms with van der Waals surface area (Å²) in [6.07, 6.45) is 3.42. The van der Waals surface area contributed by atoms with E-state index in [0.717, 1.165) is 30.9 Å². The largest absolute Gasteiger partial charge is 0.488 e. The Balaban J connectivity index is 0.000000178. The SMILES string of the molecule is Brc1cccnc1Br.Fc1cccc(-c2ncccc2Br)c1.OB(O)c1cccc(F)c1. The Morgan fingerprint density at radius 3 is 1.75 bits per heavy atom. The van der Waals surface area contributed by atoms with Crippen molar-refractivity contribution in [3.8, 4) is 11.3 Å². The van der Waals surface area contributed by atoms with Gasteiger partial charge in [-0.3, -0.25) is 4.98 Å². The molecule has 4 nitrogen and oxygen atoms in total. The molecule has 2 heterocycles. The van der Waals surface area contributed by atoms with E-state index in [4.69, 9.17) is 10.0 Å². The van der Waals surface area contributed by atoms with Gasteiger partial charge in [-0.15, -0.1) is 0 Å². The van der Waals surface area contributed by atoms with Crippen LogP contribution in [0.1, 0.15) is 0 Å². The van der Waals surface area contributed by atoms with Crippen LogP contribution in [-0.2, 0) is 0 Å². The Morgan fingerprint density at radius 2 is 1.28 bits per heavy atom. The van der Waals surface area contributed by atoms with E-state index in [0.29, 0.717) is 0 Å². The predicted molar refractivity (Wildman–Crippen MR) is 133 cm³/mol. The van der Waals surface area contributed by atoms with Crippen LogP contribution in [0.25, 0.3) is 11.3 Å². The minimum atomic E-state index is -1.59. The maximum absolute atomic E-state index is 12.9. The van der Waals surface area contributed by atoms with Gasteiger partial charge in [0.05, 0.1) is 10.2 Å². The van der Waals surface area contributed by atoms with Crippen molar-refractivity contribution < 1.29 is 18.8 Å². The number of hydrogen-bond acceptors (Lipinski definition) is 4. The lowest BCUT2D eigenvalue weighted by Gasteiger charge is -2.02. The van der Waals surface area contributed by atoms with Gasteiger partial charge in [0.1, 0.15) is 16.2 Å². The second-order valence-corrected chi connectivity index (χ2v) is 8.51. The first-order valence-corrected chi connectivity index (χ1v) is 11.4. The van der Waals surface area contributed by atoms with Crippen LogP contribution in [0.2, 0.25) is 0 Å². The van der Waals surface area contributed by atoms with Crippen molar-refractivity contribution >= 4 is 60.4 Å². The molecule has 0 aliphatic carbocycles. The van der Waals surface area contributed by atoms with E-state index in [1.54, 1.807) is 18.5 Å². The van der Waals surface area contributed by atoms with Crippen LogP contribution in [-0.4, -0.2) is 27.1 Å². The van der Waals surface area contributed by atoms with Crippen molar-refractivity contribution in [3.05, 3.63) is 110 Å². The van der Waals surface area contributed by atoms with E-state index < -0.39 is 12.9 Å². The van der Waals surface area contributed by atoms with Crippen LogP contribution < -0.4 is 5.46 Å². The monoisotopic (exact) mass is 626 g/mol. The summed E-state index contributed by atoms with van der Waals surface area (Å²) in [5.74, 6) is -0.717. The van der Waals surface area contributed by atoms with E-state index in [-0.39, 0.29) is 11.3 Å². The Bertz CT molecular complexity index is 1130. The minimum Gasteiger partial charge on any atom is -0.423 e. The third kappa shape index (κ3) is 8.87. The second-order valence-electron chi connectivity index (χ2n) is 6.05. The van der Waals surface area contributed by atoms with Gasteiger partial charge >= 0.3 is 7.12 Å². The minimum absolute atomic E-state index is 0.167. The van der Waals surface area contributed by atoms with Crippen LogP contribution >= 0.6 is 47.8 Å². The molecule has 10 heteroatoms. The Labute approximate surface area is 209 Å². The van der Waals surface area contributed by atoms with Crippen molar-refractivity contribution in [2.45, 2.75) is 0 Å². The fourth-order valence-electron chi connectivity index (χ4n) is 2.27. The van der Waals surface area contributed by atoms with Gasteiger partial charge in [0.15, 0.2) is 0 Å². The smallest absolute Gasteiger partial charge is 0.423 e. The highest BCUT2D eigenvalue weighted by atomic mass is 79.9. The number of rotatable bonds is 2. The van der Waals surface area contributed by atoms with E-state index in [1.807, 2.05) is 30.3 Å². The standard InChI is InChI=1S/C11H7BrFN.C6H6BFO2.C5H3Br2N/c12-10-5-2-6-14-11(10)8-3-1-4-9(13)7-8;8-6-3-1-2-5(4-6)7(9)10;6-4-2-1-3-8-5(4)7/h1-7H;1-4,9-10H;1-3H. The summed E-state index contributed by atoms with van der Waals surface area (Å²) >= 11 is 9.90. The van der Waals surface area contributed by atoms with Gasteiger partial charge in [0.2, 0.25) is 0 Å². The molecule has 0 aliphatic heterocycles. The summed E-state index contributed by atoms with van der Waals surface area (Å²) in [4.78, 5) is 8.12. The van der Waals surface area contributed by atoms with Gasteiger partial charge in [0.25, 0.3) is 0 Å². The first-order chi connectivity index (χ1) is 15.3. The number of halogens is 5. The molecule has 0 amide bonds. The zero-order chi connectivity index (χ0) is 23.5. The molecule has 0 aliphatic rings. The summed E-state index contributed by atoms with van der Waals surface area (Å²) in [5, 5.41) is 17.1. The molecule has 0 atom stereocenters. The molecule has 0 unspecified atom stereocenters. The van der Waals surface area contributed by atoms with Gasteiger partial charge < -0.3 is 10.0 Å². The summed E-state index contributed by atoms with van der Waals surface area (Å²) < 4.78 is 27.9. The molecule has 4 aromatic rings. The summed E-state index contributed by atoms with van der Waals surface area (Å²) in [6.45, 7) is 0. The molecular weight excluding hydrogens is 613 g/mol. The van der Waals surface area contributed by atoms with E-state index in [9.17, 15) is 8.78 Å². The van der Waals surface area contributed by atoms with Gasteiger partial charge in [-0.1, -0.05) is 24.3 Å². The van der Waals surface area contributed by atoms with Crippen LogP contribution in [0, 0.1) is 11.6 Å². The first-order valence-electron chi connectivity index (χ1n) is 9.02. The number of pyridine rings is 2. The van der Waals surface area contributed by atoms with Crippen molar-refractivity contribution in [1.29, 1.82) is 0 Å². The molecule has 2 N–H and O–H groups in total. The molecule has 32 heavy (non-hydrogen) atoms. The van der Waals surface area contributed by atoms with Gasteiger partial charge in [-0.25, -0.2) is 13.8 Å². The fraction of sp³-hybridized carbons (Fsp3) is 0. The van der Waals surface area contributed by atoms with E-state index in [2.05, 4.69) is 57.8 Å².